The Morgan fingerprint density at radius 2 is 1.86 bits per heavy atom. The SMILES string of the molecule is NCCC[C@H](NC(=O)c1ccc(S(=O)(=O)F)cc1)C(=O)O. The number of aliphatic carboxylic acids is 1. The van der Waals surface area contributed by atoms with Gasteiger partial charge in [-0.25, -0.2) is 4.79 Å². The van der Waals surface area contributed by atoms with E-state index in [4.69, 9.17) is 10.8 Å². The number of carboxylic acid groups (broad SMARTS) is 1. The molecule has 0 saturated heterocycles. The fraction of sp³-hybridized carbons (Fsp3) is 0.333. The van der Waals surface area contributed by atoms with Crippen molar-refractivity contribution in [2.45, 2.75) is 23.8 Å². The van der Waals surface area contributed by atoms with Crippen molar-refractivity contribution in [1.82, 2.24) is 5.32 Å². The number of nitrogens with one attached hydrogen (secondary N) is 1. The van der Waals surface area contributed by atoms with E-state index in [-0.39, 0.29) is 12.0 Å². The zero-order valence-electron chi connectivity index (χ0n) is 11.0. The number of carbonyl (C=O) groups is 2. The normalized spacial score (nSPS) is 12.7. The summed E-state index contributed by atoms with van der Waals surface area (Å²) in [7, 11) is -4.83. The van der Waals surface area contributed by atoms with E-state index in [2.05, 4.69) is 5.32 Å². The summed E-state index contributed by atoms with van der Waals surface area (Å²) < 4.78 is 34.0. The summed E-state index contributed by atoms with van der Waals surface area (Å²) in [5.41, 5.74) is 5.31. The second-order valence-electron chi connectivity index (χ2n) is 4.26. The lowest BCUT2D eigenvalue weighted by atomic mass is 10.1. The summed E-state index contributed by atoms with van der Waals surface area (Å²) in [6.07, 6.45) is 0.602. The maximum atomic E-state index is 12.7. The van der Waals surface area contributed by atoms with Crippen LogP contribution < -0.4 is 11.1 Å². The highest BCUT2D eigenvalue weighted by atomic mass is 32.3. The molecule has 1 atom stereocenters. The van der Waals surface area contributed by atoms with Crippen molar-refractivity contribution in [3.63, 3.8) is 0 Å². The average Bonchev–Trinajstić information content (AvgIpc) is 2.42. The maximum absolute atomic E-state index is 12.7. The fourth-order valence-electron chi connectivity index (χ4n) is 1.59. The van der Waals surface area contributed by atoms with Crippen LogP contribution >= 0.6 is 0 Å². The van der Waals surface area contributed by atoms with Crippen molar-refractivity contribution in [1.29, 1.82) is 0 Å². The molecule has 0 unspecified atom stereocenters. The largest absolute Gasteiger partial charge is 0.480 e. The second kappa shape index (κ2) is 7.14. The number of amides is 1. The number of carbonyl (C=O) groups excluding carboxylic acids is 1. The summed E-state index contributed by atoms with van der Waals surface area (Å²) in [6.45, 7) is 0.294. The van der Waals surface area contributed by atoms with Crippen LogP contribution in [0.2, 0.25) is 0 Å². The van der Waals surface area contributed by atoms with E-state index >= 15 is 0 Å². The Labute approximate surface area is 121 Å². The van der Waals surface area contributed by atoms with E-state index in [1.54, 1.807) is 0 Å². The van der Waals surface area contributed by atoms with Crippen LogP contribution in [-0.4, -0.2) is 38.0 Å². The van der Waals surface area contributed by atoms with E-state index in [9.17, 15) is 21.9 Å². The summed E-state index contributed by atoms with van der Waals surface area (Å²) in [6, 6.07) is 2.97. The number of halogens is 1. The van der Waals surface area contributed by atoms with Crippen LogP contribution in [0.4, 0.5) is 3.89 Å². The Morgan fingerprint density at radius 3 is 2.29 bits per heavy atom. The molecule has 1 aromatic carbocycles. The van der Waals surface area contributed by atoms with Gasteiger partial charge in [0.05, 0.1) is 4.90 Å². The Bertz CT molecular complexity index is 615. The molecule has 1 rings (SSSR count). The molecule has 1 aromatic rings. The first-order valence-corrected chi connectivity index (χ1v) is 7.42. The minimum atomic E-state index is -4.83. The first kappa shape index (κ1) is 17.1. The van der Waals surface area contributed by atoms with Gasteiger partial charge < -0.3 is 16.2 Å². The van der Waals surface area contributed by atoms with Crippen LogP contribution in [0.1, 0.15) is 23.2 Å². The molecule has 0 saturated carbocycles. The van der Waals surface area contributed by atoms with Crippen molar-refractivity contribution in [3.05, 3.63) is 29.8 Å². The third-order valence-corrected chi connectivity index (χ3v) is 3.53. The lowest BCUT2D eigenvalue weighted by Crippen LogP contribution is -2.41. The molecule has 7 nitrogen and oxygen atoms in total. The number of rotatable bonds is 7. The van der Waals surface area contributed by atoms with Crippen LogP contribution in [0.15, 0.2) is 29.2 Å². The van der Waals surface area contributed by atoms with Crippen LogP contribution in [0.3, 0.4) is 0 Å². The highest BCUT2D eigenvalue weighted by molar-refractivity contribution is 7.86. The summed E-state index contributed by atoms with van der Waals surface area (Å²) >= 11 is 0. The smallest absolute Gasteiger partial charge is 0.332 e. The molecule has 116 valence electrons. The van der Waals surface area contributed by atoms with Gasteiger partial charge in [0.1, 0.15) is 6.04 Å². The number of hydrogen-bond donors (Lipinski definition) is 3. The van der Waals surface area contributed by atoms with Gasteiger partial charge in [-0.2, -0.15) is 8.42 Å². The van der Waals surface area contributed by atoms with E-state index in [0.717, 1.165) is 24.3 Å². The lowest BCUT2D eigenvalue weighted by Gasteiger charge is -2.14. The summed E-state index contributed by atoms with van der Waals surface area (Å²) in [5.74, 6) is -1.89. The van der Waals surface area contributed by atoms with Gasteiger partial charge >= 0.3 is 16.2 Å². The monoisotopic (exact) mass is 318 g/mol. The van der Waals surface area contributed by atoms with Gasteiger partial charge in [-0.05, 0) is 43.7 Å². The first-order chi connectivity index (χ1) is 9.75. The van der Waals surface area contributed by atoms with Crippen molar-refractivity contribution in [2.24, 2.45) is 5.73 Å². The molecular weight excluding hydrogens is 303 g/mol. The average molecular weight is 318 g/mol. The number of benzene rings is 1. The molecule has 0 aliphatic rings. The molecule has 0 aromatic heterocycles. The Hall–Kier alpha value is -2.00. The highest BCUT2D eigenvalue weighted by Crippen LogP contribution is 2.13. The first-order valence-electron chi connectivity index (χ1n) is 6.04. The molecule has 0 radical (unpaired) electrons. The van der Waals surface area contributed by atoms with Crippen molar-refractivity contribution in [2.75, 3.05) is 6.54 Å². The number of nitrogens with two attached hydrogens (primary N) is 1. The minimum absolute atomic E-state index is 0.0291. The Morgan fingerprint density at radius 1 is 1.29 bits per heavy atom. The van der Waals surface area contributed by atoms with Gasteiger partial charge in [0.25, 0.3) is 5.91 Å². The Kier molecular flexibility index (Phi) is 5.79. The second-order valence-corrected chi connectivity index (χ2v) is 5.60. The van der Waals surface area contributed by atoms with Gasteiger partial charge in [0.2, 0.25) is 0 Å². The molecule has 0 spiro atoms. The predicted molar refractivity (Wildman–Crippen MR) is 71.9 cm³/mol. The van der Waals surface area contributed by atoms with E-state index in [1.165, 1.54) is 0 Å². The molecule has 0 aliphatic carbocycles. The zero-order chi connectivity index (χ0) is 16.0. The van der Waals surface area contributed by atoms with Gasteiger partial charge in [-0.15, -0.1) is 3.89 Å². The molecule has 9 heteroatoms. The van der Waals surface area contributed by atoms with Crippen LogP contribution in [0, 0.1) is 0 Å². The maximum Gasteiger partial charge on any atom is 0.332 e. The van der Waals surface area contributed by atoms with Crippen LogP contribution in [0.25, 0.3) is 0 Å². The molecule has 21 heavy (non-hydrogen) atoms. The molecule has 4 N–H and O–H groups in total. The van der Waals surface area contributed by atoms with E-state index in [1.807, 2.05) is 0 Å². The minimum Gasteiger partial charge on any atom is -0.480 e. The van der Waals surface area contributed by atoms with Gasteiger partial charge in [-0.1, -0.05) is 0 Å². The quantitative estimate of drug-likeness (QED) is 0.619. The number of hydrogen-bond acceptors (Lipinski definition) is 5. The zero-order valence-corrected chi connectivity index (χ0v) is 11.8. The molecule has 0 aliphatic heterocycles. The van der Waals surface area contributed by atoms with Gasteiger partial charge in [0.15, 0.2) is 0 Å². The highest BCUT2D eigenvalue weighted by Gasteiger charge is 2.20. The van der Waals surface area contributed by atoms with Crippen molar-refractivity contribution >= 4 is 22.1 Å². The summed E-state index contributed by atoms with van der Waals surface area (Å²) in [5, 5.41) is 11.3. The topological polar surface area (TPSA) is 127 Å². The fourth-order valence-corrected chi connectivity index (χ4v) is 2.05. The standard InChI is InChI=1S/C12H15FN2O5S/c13-21(19,20)9-5-3-8(4-6-9)11(16)15-10(12(17)18)2-1-7-14/h3-6,10H,1-2,7,14H2,(H,15,16)(H,17,18)/t10-/m0/s1. The predicted octanol–water partition coefficient (Wildman–Crippen LogP) is 0.267. The van der Waals surface area contributed by atoms with Gasteiger partial charge in [-0.3, -0.25) is 4.79 Å². The lowest BCUT2D eigenvalue weighted by molar-refractivity contribution is -0.139. The van der Waals surface area contributed by atoms with E-state index < -0.39 is 33.0 Å². The molecule has 1 amide bonds. The summed E-state index contributed by atoms with van der Waals surface area (Å²) in [4.78, 5) is 22.2. The van der Waals surface area contributed by atoms with Crippen molar-refractivity contribution in [3.8, 4) is 0 Å². The Balaban J connectivity index is 2.81. The van der Waals surface area contributed by atoms with Crippen LogP contribution in [0.5, 0.6) is 0 Å². The number of carboxylic acids is 1. The van der Waals surface area contributed by atoms with Crippen LogP contribution in [-0.2, 0) is 15.0 Å². The molecule has 0 heterocycles. The molecule has 0 bridgehead atoms. The third kappa shape index (κ3) is 5.12. The molecule has 0 fully saturated rings. The van der Waals surface area contributed by atoms with Gasteiger partial charge in [0, 0.05) is 5.56 Å². The van der Waals surface area contributed by atoms with Crippen molar-refractivity contribution < 1.29 is 27.0 Å². The van der Waals surface area contributed by atoms with E-state index in [0.29, 0.717) is 13.0 Å². The third-order valence-electron chi connectivity index (χ3n) is 2.70. The molecular formula is C12H15FN2O5S.